The highest BCUT2D eigenvalue weighted by atomic mass is 79.9. The molecule has 1 amide bonds. The third-order valence-corrected chi connectivity index (χ3v) is 5.22. The molecule has 1 N–H and O–H groups in total. The molecule has 0 saturated heterocycles. The van der Waals surface area contributed by atoms with E-state index in [9.17, 15) is 4.79 Å². The molecule has 0 saturated carbocycles. The molecular formula is C22H15BrN4O. The van der Waals surface area contributed by atoms with Gasteiger partial charge < -0.3 is 9.88 Å². The Labute approximate surface area is 169 Å². The van der Waals surface area contributed by atoms with Crippen LogP contribution in [-0.2, 0) is 11.3 Å². The van der Waals surface area contributed by atoms with E-state index in [1.54, 1.807) is 0 Å². The first-order valence-electron chi connectivity index (χ1n) is 8.88. The van der Waals surface area contributed by atoms with Crippen molar-refractivity contribution in [2.45, 2.75) is 6.54 Å². The van der Waals surface area contributed by atoms with Crippen LogP contribution in [0, 0.1) is 0 Å². The smallest absolute Gasteiger partial charge is 0.244 e. The summed E-state index contributed by atoms with van der Waals surface area (Å²) < 4.78 is 2.90. The number of anilines is 1. The van der Waals surface area contributed by atoms with Crippen LogP contribution in [0.4, 0.5) is 5.69 Å². The lowest BCUT2D eigenvalue weighted by Gasteiger charge is -2.08. The first kappa shape index (κ1) is 16.9. The van der Waals surface area contributed by atoms with Crippen LogP contribution in [0.3, 0.4) is 0 Å². The van der Waals surface area contributed by atoms with E-state index in [-0.39, 0.29) is 12.5 Å². The molecule has 5 nitrogen and oxygen atoms in total. The van der Waals surface area contributed by atoms with Gasteiger partial charge in [0.2, 0.25) is 5.91 Å². The van der Waals surface area contributed by atoms with Gasteiger partial charge in [-0.2, -0.15) is 0 Å². The Morgan fingerprint density at radius 1 is 0.893 bits per heavy atom. The van der Waals surface area contributed by atoms with Crippen molar-refractivity contribution in [2.24, 2.45) is 0 Å². The molecule has 0 spiro atoms. The summed E-state index contributed by atoms with van der Waals surface area (Å²) in [6.45, 7) is 0.160. The molecule has 28 heavy (non-hydrogen) atoms. The molecule has 136 valence electrons. The van der Waals surface area contributed by atoms with Crippen LogP contribution >= 0.6 is 15.9 Å². The van der Waals surface area contributed by atoms with Gasteiger partial charge in [0, 0.05) is 15.5 Å². The molecule has 2 heterocycles. The van der Waals surface area contributed by atoms with E-state index >= 15 is 0 Å². The van der Waals surface area contributed by atoms with Crippen molar-refractivity contribution in [2.75, 3.05) is 5.32 Å². The number of benzene rings is 3. The zero-order chi connectivity index (χ0) is 19.1. The lowest BCUT2D eigenvalue weighted by atomic mass is 10.2. The molecule has 0 atom stereocenters. The summed E-state index contributed by atoms with van der Waals surface area (Å²) in [5.74, 6) is -0.111. The zero-order valence-electron chi connectivity index (χ0n) is 14.8. The van der Waals surface area contributed by atoms with E-state index in [4.69, 9.17) is 9.97 Å². The molecule has 0 fully saturated rings. The fourth-order valence-corrected chi connectivity index (χ4v) is 3.68. The minimum atomic E-state index is -0.111. The average molecular weight is 431 g/mol. The van der Waals surface area contributed by atoms with E-state index in [1.165, 1.54) is 0 Å². The lowest BCUT2D eigenvalue weighted by molar-refractivity contribution is -0.116. The van der Waals surface area contributed by atoms with E-state index in [2.05, 4.69) is 21.2 Å². The van der Waals surface area contributed by atoms with E-state index in [0.717, 1.165) is 37.6 Å². The van der Waals surface area contributed by atoms with Gasteiger partial charge in [-0.25, -0.2) is 9.97 Å². The van der Waals surface area contributed by atoms with Gasteiger partial charge in [0.05, 0.1) is 16.6 Å². The summed E-state index contributed by atoms with van der Waals surface area (Å²) in [6.07, 6.45) is 0. The summed E-state index contributed by atoms with van der Waals surface area (Å²) in [6, 6.07) is 23.3. The quantitative estimate of drug-likeness (QED) is 0.431. The van der Waals surface area contributed by atoms with Crippen LogP contribution in [0.15, 0.2) is 77.3 Å². The molecule has 0 aliphatic carbocycles. The number of para-hydroxylation sites is 3. The number of nitrogens with zero attached hydrogens (tertiary/aromatic N) is 3. The second-order valence-electron chi connectivity index (χ2n) is 6.54. The van der Waals surface area contributed by atoms with Crippen molar-refractivity contribution in [3.63, 3.8) is 0 Å². The molecule has 0 unspecified atom stereocenters. The minimum Gasteiger partial charge on any atom is -0.325 e. The Balaban J connectivity index is 1.61. The summed E-state index contributed by atoms with van der Waals surface area (Å²) >= 11 is 3.40. The van der Waals surface area contributed by atoms with Crippen molar-refractivity contribution in [3.8, 4) is 0 Å². The maximum atomic E-state index is 12.7. The van der Waals surface area contributed by atoms with Crippen molar-refractivity contribution < 1.29 is 4.79 Å². The highest BCUT2D eigenvalue weighted by molar-refractivity contribution is 9.10. The first-order chi connectivity index (χ1) is 13.7. The van der Waals surface area contributed by atoms with Gasteiger partial charge in [-0.05, 0) is 42.5 Å². The predicted octanol–water partition coefficient (Wildman–Crippen LogP) is 5.14. The Hall–Kier alpha value is -3.25. The van der Waals surface area contributed by atoms with Crippen molar-refractivity contribution >= 4 is 60.6 Å². The van der Waals surface area contributed by atoms with Gasteiger partial charge in [0.15, 0.2) is 5.65 Å². The van der Waals surface area contributed by atoms with E-state index in [1.807, 2.05) is 77.4 Å². The molecule has 2 aromatic heterocycles. The Morgan fingerprint density at radius 2 is 1.57 bits per heavy atom. The van der Waals surface area contributed by atoms with Crippen LogP contribution in [0.5, 0.6) is 0 Å². The van der Waals surface area contributed by atoms with Gasteiger partial charge in [0.25, 0.3) is 0 Å². The topological polar surface area (TPSA) is 59.8 Å². The number of fused-ring (bicyclic) bond motifs is 4. The van der Waals surface area contributed by atoms with Gasteiger partial charge >= 0.3 is 0 Å². The third kappa shape index (κ3) is 2.92. The lowest BCUT2D eigenvalue weighted by Crippen LogP contribution is -2.18. The fraction of sp³-hybridized carbons (Fsp3) is 0.0455. The highest BCUT2D eigenvalue weighted by Gasteiger charge is 2.16. The van der Waals surface area contributed by atoms with Gasteiger partial charge in [-0.15, -0.1) is 0 Å². The monoisotopic (exact) mass is 430 g/mol. The number of nitrogens with one attached hydrogen (secondary N) is 1. The molecule has 0 radical (unpaired) electrons. The first-order valence-corrected chi connectivity index (χ1v) is 9.67. The SMILES string of the molecule is O=C(Cn1c2ccccc2c2nc3ccccc3nc21)Nc1ccc(Br)cc1. The Morgan fingerprint density at radius 3 is 2.36 bits per heavy atom. The molecule has 5 rings (SSSR count). The van der Waals surface area contributed by atoms with Crippen LogP contribution in [0.2, 0.25) is 0 Å². The minimum absolute atomic E-state index is 0.111. The second-order valence-corrected chi connectivity index (χ2v) is 7.46. The molecule has 6 heteroatoms. The Kier molecular flexibility index (Phi) is 4.06. The standard InChI is InChI=1S/C22H15BrN4O/c23-14-9-11-15(12-10-14)24-20(28)13-27-19-8-4-1-5-16(19)21-22(27)26-18-7-3-2-6-17(18)25-21/h1-12H,13H2,(H,24,28). The maximum Gasteiger partial charge on any atom is 0.244 e. The highest BCUT2D eigenvalue weighted by Crippen LogP contribution is 2.28. The number of carbonyl (C=O) groups excluding carboxylic acids is 1. The van der Waals surface area contributed by atoms with Crippen molar-refractivity contribution in [1.29, 1.82) is 0 Å². The molecule has 5 aromatic rings. The third-order valence-electron chi connectivity index (χ3n) is 4.69. The zero-order valence-corrected chi connectivity index (χ0v) is 16.3. The van der Waals surface area contributed by atoms with Gasteiger partial charge in [-0.1, -0.05) is 46.3 Å². The summed E-state index contributed by atoms with van der Waals surface area (Å²) in [4.78, 5) is 22.3. The second kappa shape index (κ2) is 6.73. The molecule has 3 aromatic carbocycles. The number of carbonyl (C=O) groups is 1. The largest absolute Gasteiger partial charge is 0.325 e. The molecule has 0 bridgehead atoms. The van der Waals surface area contributed by atoms with Crippen LogP contribution in [-0.4, -0.2) is 20.4 Å². The number of hydrogen-bond acceptors (Lipinski definition) is 3. The van der Waals surface area contributed by atoms with Crippen molar-refractivity contribution in [1.82, 2.24) is 14.5 Å². The number of halogens is 1. The number of hydrogen-bond donors (Lipinski definition) is 1. The summed E-state index contributed by atoms with van der Waals surface area (Å²) in [5, 5.41) is 3.94. The molecular weight excluding hydrogens is 416 g/mol. The fourth-order valence-electron chi connectivity index (χ4n) is 3.42. The summed E-state index contributed by atoms with van der Waals surface area (Å²) in [5.41, 5.74) is 4.88. The van der Waals surface area contributed by atoms with Gasteiger partial charge in [0.1, 0.15) is 12.1 Å². The average Bonchev–Trinajstić information content (AvgIpc) is 3.01. The van der Waals surface area contributed by atoms with E-state index < -0.39 is 0 Å². The van der Waals surface area contributed by atoms with Crippen LogP contribution in [0.25, 0.3) is 33.1 Å². The van der Waals surface area contributed by atoms with Crippen LogP contribution < -0.4 is 5.32 Å². The number of amides is 1. The van der Waals surface area contributed by atoms with Crippen molar-refractivity contribution in [3.05, 3.63) is 77.3 Å². The predicted molar refractivity (Wildman–Crippen MR) is 115 cm³/mol. The normalized spacial score (nSPS) is 11.3. The van der Waals surface area contributed by atoms with E-state index in [0.29, 0.717) is 5.65 Å². The number of rotatable bonds is 3. The Bertz CT molecular complexity index is 1340. The van der Waals surface area contributed by atoms with Gasteiger partial charge in [-0.3, -0.25) is 4.79 Å². The maximum absolute atomic E-state index is 12.7. The number of aromatic nitrogens is 3. The summed E-state index contributed by atoms with van der Waals surface area (Å²) in [7, 11) is 0. The molecule has 0 aliphatic heterocycles. The molecule has 0 aliphatic rings. The van der Waals surface area contributed by atoms with Crippen LogP contribution in [0.1, 0.15) is 0 Å².